The first-order valence-corrected chi connectivity index (χ1v) is 7.15. The molecule has 0 amide bonds. The number of ether oxygens (including phenoxy) is 1. The fourth-order valence-corrected chi connectivity index (χ4v) is 1.91. The molecule has 0 atom stereocenters. The van der Waals surface area contributed by atoms with Gasteiger partial charge < -0.3 is 4.74 Å². The molecule has 0 aliphatic carbocycles. The zero-order valence-electron chi connectivity index (χ0n) is 10.6. The third-order valence-electron chi connectivity index (χ3n) is 2.58. The zero-order valence-corrected chi connectivity index (χ0v) is 12.9. The van der Waals surface area contributed by atoms with Gasteiger partial charge in [-0.05, 0) is 41.5 Å². The molecule has 0 unspecified atom stereocenters. The molecule has 2 nitrogen and oxygen atoms in total. The van der Waals surface area contributed by atoms with Gasteiger partial charge in [-0.2, -0.15) is 0 Å². The summed E-state index contributed by atoms with van der Waals surface area (Å²) >= 11 is 9.14. The van der Waals surface area contributed by atoms with E-state index in [4.69, 9.17) is 16.3 Å². The van der Waals surface area contributed by atoms with Crippen molar-refractivity contribution in [3.63, 3.8) is 0 Å². The number of rotatable bonds is 4. The molecular formula is C16H12BrClO2. The van der Waals surface area contributed by atoms with Crippen LogP contribution in [0.15, 0.2) is 59.1 Å². The summed E-state index contributed by atoms with van der Waals surface area (Å²) in [6, 6.07) is 14.8. The summed E-state index contributed by atoms with van der Waals surface area (Å²) in [7, 11) is 0. The fraction of sp³-hybridized carbons (Fsp3) is 0.0625. The van der Waals surface area contributed by atoms with E-state index in [-0.39, 0.29) is 12.6 Å². The second kappa shape index (κ2) is 7.27. The smallest absolute Gasteiger partial charge is 0.331 e. The lowest BCUT2D eigenvalue weighted by molar-refractivity contribution is -0.138. The van der Waals surface area contributed by atoms with Crippen molar-refractivity contribution in [3.8, 4) is 0 Å². The van der Waals surface area contributed by atoms with Crippen LogP contribution in [0.1, 0.15) is 11.1 Å². The monoisotopic (exact) mass is 350 g/mol. The van der Waals surface area contributed by atoms with Gasteiger partial charge in [0.05, 0.1) is 0 Å². The molecule has 0 aromatic heterocycles. The van der Waals surface area contributed by atoms with Crippen molar-refractivity contribution in [1.29, 1.82) is 0 Å². The highest BCUT2D eigenvalue weighted by atomic mass is 79.9. The topological polar surface area (TPSA) is 26.3 Å². The number of benzene rings is 2. The predicted octanol–water partition coefficient (Wildman–Crippen LogP) is 4.86. The molecule has 4 heteroatoms. The molecule has 0 saturated carbocycles. The predicted molar refractivity (Wildman–Crippen MR) is 84.4 cm³/mol. The average molecular weight is 352 g/mol. The molecule has 0 bridgehead atoms. The van der Waals surface area contributed by atoms with Gasteiger partial charge in [-0.3, -0.25) is 0 Å². The Bertz CT molecular complexity index is 603. The van der Waals surface area contributed by atoms with Crippen LogP contribution in [0.4, 0.5) is 0 Å². The van der Waals surface area contributed by atoms with Crippen LogP contribution in [-0.4, -0.2) is 5.97 Å². The number of esters is 1. The number of hydrogen-bond donors (Lipinski definition) is 0. The van der Waals surface area contributed by atoms with E-state index >= 15 is 0 Å². The van der Waals surface area contributed by atoms with E-state index in [1.165, 1.54) is 6.08 Å². The number of carbonyl (C=O) groups excluding carboxylic acids is 1. The molecule has 0 saturated heterocycles. The normalized spacial score (nSPS) is 10.7. The van der Waals surface area contributed by atoms with Gasteiger partial charge in [0.1, 0.15) is 6.61 Å². The minimum absolute atomic E-state index is 0.237. The molecule has 0 spiro atoms. The van der Waals surface area contributed by atoms with E-state index in [2.05, 4.69) is 15.9 Å². The van der Waals surface area contributed by atoms with Crippen molar-refractivity contribution in [3.05, 3.63) is 75.2 Å². The highest BCUT2D eigenvalue weighted by Gasteiger charge is 1.99. The largest absolute Gasteiger partial charge is 0.458 e. The van der Waals surface area contributed by atoms with Gasteiger partial charge in [0.2, 0.25) is 0 Å². The van der Waals surface area contributed by atoms with Crippen molar-refractivity contribution >= 4 is 39.6 Å². The molecule has 2 aromatic rings. The molecule has 20 heavy (non-hydrogen) atoms. The molecule has 102 valence electrons. The molecule has 0 heterocycles. The Balaban J connectivity index is 1.86. The van der Waals surface area contributed by atoms with Crippen molar-refractivity contribution in [1.82, 2.24) is 0 Å². The first-order chi connectivity index (χ1) is 9.63. The van der Waals surface area contributed by atoms with E-state index < -0.39 is 0 Å². The summed E-state index contributed by atoms with van der Waals surface area (Å²) < 4.78 is 6.14. The number of halogens is 2. The minimum atomic E-state index is -0.372. The summed E-state index contributed by atoms with van der Waals surface area (Å²) in [5.74, 6) is -0.372. The summed E-state index contributed by atoms with van der Waals surface area (Å²) in [5.41, 5.74) is 1.84. The lowest BCUT2D eigenvalue weighted by atomic mass is 10.2. The summed E-state index contributed by atoms with van der Waals surface area (Å²) in [5, 5.41) is 0.662. The standard InChI is InChI=1S/C16H12BrClO2/c17-14-6-1-12(2-7-14)5-10-16(19)20-11-13-3-8-15(18)9-4-13/h1-10H,11H2/b10-5+. The third kappa shape index (κ3) is 4.83. The van der Waals surface area contributed by atoms with Crippen LogP contribution in [0.3, 0.4) is 0 Å². The van der Waals surface area contributed by atoms with Gasteiger partial charge in [-0.15, -0.1) is 0 Å². The molecule has 0 aliphatic heterocycles. The molecule has 0 N–H and O–H groups in total. The Kier molecular flexibility index (Phi) is 5.39. The van der Waals surface area contributed by atoms with Gasteiger partial charge in [-0.25, -0.2) is 4.79 Å². The second-order valence-corrected chi connectivity index (χ2v) is 5.47. The van der Waals surface area contributed by atoms with Gasteiger partial charge in [0.15, 0.2) is 0 Å². The summed E-state index contributed by atoms with van der Waals surface area (Å²) in [6.07, 6.45) is 3.13. The zero-order chi connectivity index (χ0) is 14.4. The Morgan fingerprint density at radius 2 is 1.75 bits per heavy atom. The lowest BCUT2D eigenvalue weighted by Gasteiger charge is -2.02. The minimum Gasteiger partial charge on any atom is -0.458 e. The van der Waals surface area contributed by atoms with Crippen molar-refractivity contribution < 1.29 is 9.53 Å². The Labute approximate surface area is 131 Å². The van der Waals surface area contributed by atoms with Gasteiger partial charge in [-0.1, -0.05) is 51.8 Å². The van der Waals surface area contributed by atoms with Crippen molar-refractivity contribution in [2.45, 2.75) is 6.61 Å². The Hall–Kier alpha value is -1.58. The molecule has 0 fully saturated rings. The molecular weight excluding hydrogens is 340 g/mol. The van der Waals surface area contributed by atoms with Crippen molar-refractivity contribution in [2.75, 3.05) is 0 Å². The van der Waals surface area contributed by atoms with Gasteiger partial charge in [0, 0.05) is 15.6 Å². The van der Waals surface area contributed by atoms with E-state index in [0.717, 1.165) is 15.6 Å². The Morgan fingerprint density at radius 1 is 1.10 bits per heavy atom. The maximum atomic E-state index is 11.6. The first-order valence-electron chi connectivity index (χ1n) is 5.98. The number of carbonyl (C=O) groups is 1. The molecule has 0 radical (unpaired) electrons. The van der Waals surface area contributed by atoms with Crippen LogP contribution in [0, 0.1) is 0 Å². The van der Waals surface area contributed by atoms with E-state index in [1.54, 1.807) is 18.2 Å². The molecule has 2 rings (SSSR count). The maximum absolute atomic E-state index is 11.6. The third-order valence-corrected chi connectivity index (χ3v) is 3.36. The maximum Gasteiger partial charge on any atom is 0.331 e. The van der Waals surface area contributed by atoms with Crippen LogP contribution in [0.5, 0.6) is 0 Å². The summed E-state index contributed by atoms with van der Waals surface area (Å²) in [4.78, 5) is 11.6. The van der Waals surface area contributed by atoms with Crippen LogP contribution < -0.4 is 0 Å². The van der Waals surface area contributed by atoms with E-state index in [9.17, 15) is 4.79 Å². The lowest BCUT2D eigenvalue weighted by Crippen LogP contribution is -2.00. The van der Waals surface area contributed by atoms with Crippen LogP contribution >= 0.6 is 27.5 Å². The van der Waals surface area contributed by atoms with Crippen LogP contribution in [0.2, 0.25) is 5.02 Å². The fourth-order valence-electron chi connectivity index (χ4n) is 1.52. The van der Waals surface area contributed by atoms with Gasteiger partial charge in [0.25, 0.3) is 0 Å². The first kappa shape index (κ1) is 14.8. The highest BCUT2D eigenvalue weighted by molar-refractivity contribution is 9.10. The SMILES string of the molecule is O=C(/C=C/c1ccc(Br)cc1)OCc1ccc(Cl)cc1. The van der Waals surface area contributed by atoms with E-state index in [0.29, 0.717) is 5.02 Å². The summed E-state index contributed by atoms with van der Waals surface area (Å²) in [6.45, 7) is 0.237. The van der Waals surface area contributed by atoms with E-state index in [1.807, 2.05) is 36.4 Å². The van der Waals surface area contributed by atoms with Crippen LogP contribution in [-0.2, 0) is 16.1 Å². The quantitative estimate of drug-likeness (QED) is 0.581. The second-order valence-electron chi connectivity index (χ2n) is 4.12. The average Bonchev–Trinajstić information content (AvgIpc) is 2.46. The Morgan fingerprint density at radius 3 is 2.40 bits per heavy atom. The van der Waals surface area contributed by atoms with Crippen LogP contribution in [0.25, 0.3) is 6.08 Å². The molecule has 2 aromatic carbocycles. The van der Waals surface area contributed by atoms with Crippen molar-refractivity contribution in [2.24, 2.45) is 0 Å². The van der Waals surface area contributed by atoms with Gasteiger partial charge >= 0.3 is 5.97 Å². The number of hydrogen-bond acceptors (Lipinski definition) is 2. The molecule has 0 aliphatic rings. The highest BCUT2D eigenvalue weighted by Crippen LogP contribution is 2.12.